The number of fused-ring (bicyclic) bond motifs is 1. The van der Waals surface area contributed by atoms with E-state index in [-0.39, 0.29) is 11.1 Å². The second-order valence-electron chi connectivity index (χ2n) is 9.12. The highest BCUT2D eigenvalue weighted by atomic mass is 35.5. The van der Waals surface area contributed by atoms with Crippen LogP contribution in [0.3, 0.4) is 0 Å². The lowest BCUT2D eigenvalue weighted by Gasteiger charge is -2.29. The topological polar surface area (TPSA) is 0 Å². The van der Waals surface area contributed by atoms with Gasteiger partial charge in [-0.15, -0.1) is 0 Å². The highest BCUT2D eigenvalue weighted by Gasteiger charge is 2.22. The molecule has 0 amide bonds. The maximum absolute atomic E-state index is 15.1. The Balaban J connectivity index is 1.50. The van der Waals surface area contributed by atoms with Crippen molar-refractivity contribution in [3.63, 3.8) is 0 Å². The Morgan fingerprint density at radius 3 is 2.30 bits per heavy atom. The molecule has 0 unspecified atom stereocenters. The van der Waals surface area contributed by atoms with Gasteiger partial charge in [0.15, 0.2) is 0 Å². The molecule has 0 aromatic heterocycles. The Bertz CT molecular complexity index is 1170. The fourth-order valence-electron chi connectivity index (χ4n) is 4.90. The van der Waals surface area contributed by atoms with Crippen molar-refractivity contribution in [2.75, 3.05) is 0 Å². The summed E-state index contributed by atoms with van der Waals surface area (Å²) in [6, 6.07) is 11.5. The fourth-order valence-corrected chi connectivity index (χ4v) is 5.00. The molecule has 1 aliphatic carbocycles. The summed E-state index contributed by atoms with van der Waals surface area (Å²) < 4.78 is 42.3. The Hall–Kier alpha value is -2.44. The van der Waals surface area contributed by atoms with Crippen LogP contribution in [0, 0.1) is 35.2 Å². The molecule has 1 saturated carbocycles. The predicted molar refractivity (Wildman–Crippen MR) is 130 cm³/mol. The van der Waals surface area contributed by atoms with Crippen molar-refractivity contribution in [2.45, 2.75) is 64.2 Å². The van der Waals surface area contributed by atoms with Crippen molar-refractivity contribution in [1.29, 1.82) is 0 Å². The van der Waals surface area contributed by atoms with Crippen molar-refractivity contribution in [1.82, 2.24) is 0 Å². The smallest absolute Gasteiger partial charge is 0.146 e. The number of unbranched alkanes of at least 4 members (excludes halogenated alkanes) is 2. The number of hydrogen-bond donors (Lipinski definition) is 0. The Kier molecular flexibility index (Phi) is 7.66. The maximum Gasteiger partial charge on any atom is 0.146 e. The minimum Gasteiger partial charge on any atom is -0.205 e. The Morgan fingerprint density at radius 2 is 1.61 bits per heavy atom. The van der Waals surface area contributed by atoms with E-state index in [1.807, 2.05) is 18.2 Å². The van der Waals surface area contributed by atoms with Gasteiger partial charge in [0.1, 0.15) is 22.5 Å². The third-order valence-electron chi connectivity index (χ3n) is 6.84. The second kappa shape index (κ2) is 10.7. The van der Waals surface area contributed by atoms with Gasteiger partial charge >= 0.3 is 0 Å². The molecule has 0 radical (unpaired) electrons. The van der Waals surface area contributed by atoms with Gasteiger partial charge in [0.2, 0.25) is 0 Å². The standard InChI is InChI=1S/C29H28ClF3/c1-2-3-4-5-19-6-9-21(10-7-19)23-14-15-25-24(18-23)13-12-22(29(25)33)11-8-20-16-26(31)28(30)27(32)17-20/h12-19,21H,2-7,9-10H2,1H3. The second-order valence-corrected chi connectivity index (χ2v) is 9.50. The Morgan fingerprint density at radius 1 is 0.879 bits per heavy atom. The molecular weight excluding hydrogens is 441 g/mol. The molecule has 1 fully saturated rings. The average Bonchev–Trinajstić information content (AvgIpc) is 2.82. The van der Waals surface area contributed by atoms with E-state index in [1.54, 1.807) is 6.07 Å². The first-order valence-electron chi connectivity index (χ1n) is 11.8. The van der Waals surface area contributed by atoms with Crippen LogP contribution in [0.2, 0.25) is 5.02 Å². The zero-order chi connectivity index (χ0) is 23.4. The van der Waals surface area contributed by atoms with Crippen LogP contribution in [0.5, 0.6) is 0 Å². The predicted octanol–water partition coefficient (Wildman–Crippen LogP) is 9.16. The van der Waals surface area contributed by atoms with Crippen LogP contribution in [0.25, 0.3) is 10.8 Å². The Labute approximate surface area is 199 Å². The lowest BCUT2D eigenvalue weighted by atomic mass is 9.77. The van der Waals surface area contributed by atoms with Gasteiger partial charge in [-0.05, 0) is 66.7 Å². The molecule has 3 aromatic rings. The van der Waals surface area contributed by atoms with E-state index in [4.69, 9.17) is 11.6 Å². The van der Waals surface area contributed by atoms with E-state index in [2.05, 4.69) is 24.8 Å². The number of rotatable bonds is 5. The van der Waals surface area contributed by atoms with Gasteiger partial charge in [-0.1, -0.05) is 80.3 Å². The first kappa shape index (κ1) is 23.7. The van der Waals surface area contributed by atoms with Crippen LogP contribution in [0.15, 0.2) is 42.5 Å². The van der Waals surface area contributed by atoms with E-state index >= 15 is 4.39 Å². The summed E-state index contributed by atoms with van der Waals surface area (Å²) in [5, 5.41) is 0.787. The van der Waals surface area contributed by atoms with Crippen LogP contribution in [-0.4, -0.2) is 0 Å². The zero-order valence-corrected chi connectivity index (χ0v) is 19.6. The molecule has 1 aliphatic rings. The summed E-state index contributed by atoms with van der Waals surface area (Å²) in [6.07, 6.45) is 10.2. The van der Waals surface area contributed by atoms with E-state index < -0.39 is 22.5 Å². The van der Waals surface area contributed by atoms with Gasteiger partial charge in [0, 0.05) is 10.9 Å². The SMILES string of the molecule is CCCCCC1CCC(c2ccc3c(F)c(C#Cc4cc(F)c(Cl)c(F)c4)ccc3c2)CC1. The lowest BCUT2D eigenvalue weighted by molar-refractivity contribution is 0.303. The lowest BCUT2D eigenvalue weighted by Crippen LogP contribution is -2.13. The van der Waals surface area contributed by atoms with Gasteiger partial charge in [0.05, 0.1) is 5.56 Å². The minimum absolute atomic E-state index is 0.106. The summed E-state index contributed by atoms with van der Waals surface area (Å²) in [5.74, 6) is 4.53. The molecule has 0 atom stereocenters. The van der Waals surface area contributed by atoms with E-state index in [0.29, 0.717) is 11.3 Å². The van der Waals surface area contributed by atoms with Gasteiger partial charge in [-0.25, -0.2) is 13.2 Å². The molecule has 33 heavy (non-hydrogen) atoms. The molecule has 0 N–H and O–H groups in total. The van der Waals surface area contributed by atoms with Gasteiger partial charge in [-0.3, -0.25) is 0 Å². The number of benzene rings is 3. The minimum atomic E-state index is -0.887. The molecule has 4 rings (SSSR count). The average molecular weight is 469 g/mol. The summed E-state index contributed by atoms with van der Waals surface area (Å²) in [6.45, 7) is 2.25. The van der Waals surface area contributed by atoms with E-state index in [1.165, 1.54) is 56.9 Å². The summed E-state index contributed by atoms with van der Waals surface area (Å²) in [5.41, 5.74) is 1.58. The molecular formula is C29H28ClF3. The fraction of sp³-hybridized carbons (Fsp3) is 0.379. The third kappa shape index (κ3) is 5.56. The highest BCUT2D eigenvalue weighted by Crippen LogP contribution is 2.38. The van der Waals surface area contributed by atoms with Crippen molar-refractivity contribution < 1.29 is 13.2 Å². The molecule has 0 saturated heterocycles. The van der Waals surface area contributed by atoms with Gasteiger partial charge in [0.25, 0.3) is 0 Å². The first-order valence-corrected chi connectivity index (χ1v) is 12.2. The van der Waals surface area contributed by atoms with Crippen LogP contribution < -0.4 is 0 Å². The summed E-state index contributed by atoms with van der Waals surface area (Å²) >= 11 is 5.50. The van der Waals surface area contributed by atoms with Crippen LogP contribution in [-0.2, 0) is 0 Å². The molecule has 0 bridgehead atoms. The zero-order valence-electron chi connectivity index (χ0n) is 18.9. The molecule has 0 spiro atoms. The summed E-state index contributed by atoms with van der Waals surface area (Å²) in [7, 11) is 0. The van der Waals surface area contributed by atoms with Crippen LogP contribution in [0.1, 0.15) is 80.9 Å². The molecule has 0 heterocycles. The van der Waals surface area contributed by atoms with E-state index in [9.17, 15) is 8.78 Å². The molecule has 4 heteroatoms. The van der Waals surface area contributed by atoms with Crippen molar-refractivity contribution in [2.24, 2.45) is 5.92 Å². The summed E-state index contributed by atoms with van der Waals surface area (Å²) in [4.78, 5) is 0. The highest BCUT2D eigenvalue weighted by molar-refractivity contribution is 6.30. The third-order valence-corrected chi connectivity index (χ3v) is 7.20. The van der Waals surface area contributed by atoms with E-state index in [0.717, 1.165) is 23.4 Å². The van der Waals surface area contributed by atoms with Crippen LogP contribution in [0.4, 0.5) is 13.2 Å². The van der Waals surface area contributed by atoms with Crippen molar-refractivity contribution >= 4 is 22.4 Å². The molecule has 3 aromatic carbocycles. The first-order chi connectivity index (χ1) is 16.0. The van der Waals surface area contributed by atoms with Gasteiger partial charge < -0.3 is 0 Å². The van der Waals surface area contributed by atoms with Gasteiger partial charge in [-0.2, -0.15) is 0 Å². The largest absolute Gasteiger partial charge is 0.205 e. The molecule has 0 nitrogen and oxygen atoms in total. The number of hydrogen-bond acceptors (Lipinski definition) is 0. The van der Waals surface area contributed by atoms with Crippen molar-refractivity contribution in [3.05, 3.63) is 81.6 Å². The quantitative estimate of drug-likeness (QED) is 0.199. The maximum atomic E-state index is 15.1. The number of halogens is 4. The van der Waals surface area contributed by atoms with Crippen molar-refractivity contribution in [3.8, 4) is 11.8 Å². The van der Waals surface area contributed by atoms with Crippen LogP contribution >= 0.6 is 11.6 Å². The monoisotopic (exact) mass is 468 g/mol. The normalized spacial score (nSPS) is 18.2. The molecule has 0 aliphatic heterocycles. The molecule has 172 valence electrons.